The van der Waals surface area contributed by atoms with E-state index in [0.717, 1.165) is 16.8 Å². The first-order chi connectivity index (χ1) is 14.6. The van der Waals surface area contributed by atoms with Crippen molar-refractivity contribution in [2.45, 2.75) is 26.2 Å². The van der Waals surface area contributed by atoms with Crippen LogP contribution in [0.3, 0.4) is 0 Å². The zero-order valence-corrected chi connectivity index (χ0v) is 17.8. The third kappa shape index (κ3) is 5.11. The number of nitrogens with zero attached hydrogens (tertiary/aromatic N) is 3. The number of nitrogens with one attached hydrogen (secondary N) is 1. The Morgan fingerprint density at radius 1 is 1.07 bits per heavy atom. The number of anilines is 1. The van der Waals surface area contributed by atoms with Crippen molar-refractivity contribution >= 4 is 34.0 Å². The Labute approximate surface area is 182 Å². The number of hydrogen-bond acceptors (Lipinski definition) is 6. The molecule has 0 saturated heterocycles. The molecule has 6 nitrogen and oxygen atoms in total. The van der Waals surface area contributed by atoms with Crippen LogP contribution in [0.5, 0.6) is 0 Å². The van der Waals surface area contributed by atoms with Crippen molar-refractivity contribution in [1.29, 1.82) is 0 Å². The maximum Gasteiger partial charge on any atom is 0.226 e. The summed E-state index contributed by atoms with van der Waals surface area (Å²) in [7, 11) is 0. The molecule has 0 fully saturated rings. The molecule has 2 aromatic carbocycles. The number of benzene rings is 2. The van der Waals surface area contributed by atoms with Crippen LogP contribution in [0.2, 0.25) is 5.02 Å². The van der Waals surface area contributed by atoms with E-state index in [0.29, 0.717) is 41.1 Å². The topological polar surface area (TPSA) is 80.9 Å². The number of rotatable bonds is 7. The van der Waals surface area contributed by atoms with E-state index in [-0.39, 0.29) is 5.91 Å². The van der Waals surface area contributed by atoms with Crippen LogP contribution in [0.15, 0.2) is 58.4 Å². The van der Waals surface area contributed by atoms with Gasteiger partial charge in [-0.25, -0.2) is 4.98 Å². The monoisotopic (exact) mass is 438 g/mol. The molecule has 4 rings (SSSR count). The Hall–Kier alpha value is -3.03. The number of aromatic nitrogens is 3. The SMILES string of the molecule is Cc1ccc(-c2csc(NC(=O)CCCc3nc(-c4ccc(Cl)cc4)no3)n2)cc1. The van der Waals surface area contributed by atoms with E-state index in [9.17, 15) is 4.79 Å². The van der Waals surface area contributed by atoms with E-state index < -0.39 is 0 Å². The number of carbonyl (C=O) groups excluding carboxylic acids is 1. The maximum absolute atomic E-state index is 12.2. The van der Waals surface area contributed by atoms with Gasteiger partial charge in [-0.15, -0.1) is 11.3 Å². The van der Waals surface area contributed by atoms with Gasteiger partial charge in [-0.1, -0.05) is 46.6 Å². The number of aryl methyl sites for hydroxylation is 2. The van der Waals surface area contributed by atoms with Gasteiger partial charge in [-0.3, -0.25) is 4.79 Å². The second-order valence-corrected chi connectivity index (χ2v) is 8.12. The fourth-order valence-electron chi connectivity index (χ4n) is 2.84. The van der Waals surface area contributed by atoms with Gasteiger partial charge >= 0.3 is 0 Å². The van der Waals surface area contributed by atoms with E-state index in [1.807, 2.05) is 48.7 Å². The highest BCUT2D eigenvalue weighted by molar-refractivity contribution is 7.14. The van der Waals surface area contributed by atoms with Gasteiger partial charge < -0.3 is 9.84 Å². The van der Waals surface area contributed by atoms with Crippen LogP contribution in [0.4, 0.5) is 5.13 Å². The maximum atomic E-state index is 12.2. The van der Waals surface area contributed by atoms with Crippen molar-refractivity contribution in [2.24, 2.45) is 0 Å². The van der Waals surface area contributed by atoms with Gasteiger partial charge in [-0.2, -0.15) is 4.98 Å². The zero-order chi connectivity index (χ0) is 20.9. The first-order valence-corrected chi connectivity index (χ1v) is 10.7. The molecule has 0 aliphatic carbocycles. The highest BCUT2D eigenvalue weighted by Crippen LogP contribution is 2.25. The molecule has 1 N–H and O–H groups in total. The molecular weight excluding hydrogens is 420 g/mol. The Kier molecular flexibility index (Phi) is 6.21. The molecule has 0 aliphatic rings. The Bertz CT molecular complexity index is 1140. The lowest BCUT2D eigenvalue weighted by Gasteiger charge is -2.00. The molecule has 2 heterocycles. The second kappa shape index (κ2) is 9.19. The second-order valence-electron chi connectivity index (χ2n) is 6.82. The fourth-order valence-corrected chi connectivity index (χ4v) is 3.70. The number of carbonyl (C=O) groups is 1. The molecule has 1 amide bonds. The quantitative estimate of drug-likeness (QED) is 0.395. The van der Waals surface area contributed by atoms with Gasteiger partial charge in [0.2, 0.25) is 17.6 Å². The van der Waals surface area contributed by atoms with Crippen molar-refractivity contribution < 1.29 is 9.32 Å². The fraction of sp³-hybridized carbons (Fsp3) is 0.182. The molecule has 0 bridgehead atoms. The minimum atomic E-state index is -0.0859. The van der Waals surface area contributed by atoms with E-state index in [2.05, 4.69) is 20.4 Å². The van der Waals surface area contributed by atoms with E-state index in [4.69, 9.17) is 16.1 Å². The molecular formula is C22H19ClN4O2S. The number of hydrogen-bond donors (Lipinski definition) is 1. The Morgan fingerprint density at radius 2 is 1.80 bits per heavy atom. The third-order valence-electron chi connectivity index (χ3n) is 4.46. The Balaban J connectivity index is 1.26. The van der Waals surface area contributed by atoms with Gasteiger partial charge in [0.25, 0.3) is 0 Å². The summed E-state index contributed by atoms with van der Waals surface area (Å²) in [6, 6.07) is 15.4. The highest BCUT2D eigenvalue weighted by atomic mass is 35.5. The average molecular weight is 439 g/mol. The van der Waals surface area contributed by atoms with Crippen LogP contribution in [0.25, 0.3) is 22.6 Å². The predicted molar refractivity (Wildman–Crippen MR) is 119 cm³/mol. The lowest BCUT2D eigenvalue weighted by atomic mass is 10.1. The van der Waals surface area contributed by atoms with Gasteiger partial charge in [0.05, 0.1) is 5.69 Å². The molecule has 0 saturated carbocycles. The third-order valence-corrected chi connectivity index (χ3v) is 5.47. The number of thiazole rings is 1. The van der Waals surface area contributed by atoms with Gasteiger partial charge in [0.1, 0.15) is 0 Å². The normalized spacial score (nSPS) is 10.9. The van der Waals surface area contributed by atoms with Gasteiger partial charge in [0.15, 0.2) is 5.13 Å². The molecule has 0 unspecified atom stereocenters. The summed E-state index contributed by atoms with van der Waals surface area (Å²) in [5.41, 5.74) is 3.92. The largest absolute Gasteiger partial charge is 0.339 e. The smallest absolute Gasteiger partial charge is 0.226 e. The summed E-state index contributed by atoms with van der Waals surface area (Å²) in [6.07, 6.45) is 1.48. The zero-order valence-electron chi connectivity index (χ0n) is 16.3. The van der Waals surface area contributed by atoms with Crippen molar-refractivity contribution in [3.63, 3.8) is 0 Å². The number of halogens is 1. The van der Waals surface area contributed by atoms with Crippen LogP contribution in [-0.2, 0) is 11.2 Å². The van der Waals surface area contributed by atoms with E-state index in [1.165, 1.54) is 16.9 Å². The van der Waals surface area contributed by atoms with Crippen molar-refractivity contribution in [1.82, 2.24) is 15.1 Å². The first-order valence-electron chi connectivity index (χ1n) is 9.48. The lowest BCUT2D eigenvalue weighted by molar-refractivity contribution is -0.116. The molecule has 152 valence electrons. The minimum absolute atomic E-state index is 0.0859. The predicted octanol–water partition coefficient (Wildman–Crippen LogP) is 5.78. The molecule has 0 aliphatic heterocycles. The molecule has 30 heavy (non-hydrogen) atoms. The van der Waals surface area contributed by atoms with Gasteiger partial charge in [-0.05, 0) is 37.6 Å². The van der Waals surface area contributed by atoms with Crippen LogP contribution >= 0.6 is 22.9 Å². The van der Waals surface area contributed by atoms with E-state index in [1.54, 1.807) is 12.1 Å². The van der Waals surface area contributed by atoms with Crippen molar-refractivity contribution in [3.05, 3.63) is 70.4 Å². The number of amides is 1. The molecule has 0 radical (unpaired) electrons. The molecule has 4 aromatic rings. The first kappa shape index (κ1) is 20.3. The minimum Gasteiger partial charge on any atom is -0.339 e. The van der Waals surface area contributed by atoms with E-state index >= 15 is 0 Å². The average Bonchev–Trinajstić information content (AvgIpc) is 3.39. The molecule has 0 atom stereocenters. The standard InChI is InChI=1S/C22H19ClN4O2S/c1-14-5-7-15(8-6-14)18-13-30-22(24-18)25-19(28)3-2-4-20-26-21(27-29-20)16-9-11-17(23)12-10-16/h5-13H,2-4H2,1H3,(H,24,25,28). The van der Waals surface area contributed by atoms with Crippen LogP contribution in [-0.4, -0.2) is 21.0 Å². The summed E-state index contributed by atoms with van der Waals surface area (Å²) < 4.78 is 5.27. The van der Waals surface area contributed by atoms with Crippen LogP contribution in [0.1, 0.15) is 24.3 Å². The van der Waals surface area contributed by atoms with Crippen molar-refractivity contribution in [2.75, 3.05) is 5.32 Å². The summed E-state index contributed by atoms with van der Waals surface area (Å²) >= 11 is 7.31. The molecule has 0 spiro atoms. The summed E-state index contributed by atoms with van der Waals surface area (Å²) in [4.78, 5) is 21.1. The summed E-state index contributed by atoms with van der Waals surface area (Å²) in [6.45, 7) is 2.04. The summed E-state index contributed by atoms with van der Waals surface area (Å²) in [5.74, 6) is 0.929. The molecule has 8 heteroatoms. The van der Waals surface area contributed by atoms with Crippen LogP contribution < -0.4 is 5.32 Å². The Morgan fingerprint density at radius 3 is 2.57 bits per heavy atom. The summed E-state index contributed by atoms with van der Waals surface area (Å²) in [5, 5.41) is 10.0. The van der Waals surface area contributed by atoms with Crippen molar-refractivity contribution in [3.8, 4) is 22.6 Å². The lowest BCUT2D eigenvalue weighted by Crippen LogP contribution is -2.11. The van der Waals surface area contributed by atoms with Crippen LogP contribution in [0, 0.1) is 6.92 Å². The highest BCUT2D eigenvalue weighted by Gasteiger charge is 2.11. The molecule has 2 aromatic heterocycles. The van der Waals surface area contributed by atoms with Gasteiger partial charge in [0, 0.05) is 34.4 Å².